The van der Waals surface area contributed by atoms with Crippen LogP contribution >= 0.6 is 55.1 Å². The fraction of sp³-hybridized carbons (Fsp3) is 0.273. The molecular formula is C11H11Br2Cl2NO2. The number of rotatable bonds is 6. The van der Waals surface area contributed by atoms with E-state index in [0.717, 1.165) is 3.39 Å². The zero-order chi connectivity index (χ0) is 13.5. The van der Waals surface area contributed by atoms with Crippen molar-refractivity contribution in [3.05, 3.63) is 31.6 Å². The maximum atomic E-state index is 6.05. The highest BCUT2D eigenvalue weighted by Crippen LogP contribution is 2.36. The molecule has 0 atom stereocenters. The van der Waals surface area contributed by atoms with Gasteiger partial charge in [0, 0.05) is 18.7 Å². The molecule has 0 bridgehead atoms. The molecule has 0 spiro atoms. The van der Waals surface area contributed by atoms with E-state index in [-0.39, 0.29) is 0 Å². The van der Waals surface area contributed by atoms with Crippen molar-refractivity contribution in [2.75, 3.05) is 19.8 Å². The maximum Gasteiger partial charge on any atom is 0.156 e. The molecule has 0 aromatic heterocycles. The van der Waals surface area contributed by atoms with E-state index in [2.05, 4.69) is 31.9 Å². The Morgan fingerprint density at radius 2 is 1.83 bits per heavy atom. The van der Waals surface area contributed by atoms with Crippen molar-refractivity contribution >= 4 is 55.1 Å². The van der Waals surface area contributed by atoms with Gasteiger partial charge in [0.25, 0.3) is 0 Å². The Labute approximate surface area is 132 Å². The van der Waals surface area contributed by atoms with Crippen molar-refractivity contribution in [1.82, 2.24) is 0 Å². The van der Waals surface area contributed by atoms with E-state index in [9.17, 15) is 0 Å². The number of benzene rings is 1. The summed E-state index contributed by atoms with van der Waals surface area (Å²) in [6.45, 7) is 1.15. The van der Waals surface area contributed by atoms with Gasteiger partial charge < -0.3 is 15.2 Å². The second-order valence-electron chi connectivity index (χ2n) is 3.16. The van der Waals surface area contributed by atoms with Gasteiger partial charge in [-0.25, -0.2) is 0 Å². The van der Waals surface area contributed by atoms with Crippen molar-refractivity contribution in [3.63, 3.8) is 0 Å². The largest absolute Gasteiger partial charge is 0.489 e. The molecule has 0 unspecified atom stereocenters. The number of ether oxygens (including phenoxy) is 2. The fourth-order valence-electron chi connectivity index (χ4n) is 1.12. The van der Waals surface area contributed by atoms with Gasteiger partial charge in [-0.3, -0.25) is 0 Å². The Morgan fingerprint density at radius 1 is 1.22 bits per heavy atom. The van der Waals surface area contributed by atoms with Crippen LogP contribution in [0.1, 0.15) is 0 Å². The van der Waals surface area contributed by atoms with E-state index in [1.54, 1.807) is 18.2 Å². The summed E-state index contributed by atoms with van der Waals surface area (Å²) < 4.78 is 11.6. The number of hydrogen-bond acceptors (Lipinski definition) is 3. The fourth-order valence-corrected chi connectivity index (χ4v) is 1.96. The Kier molecular flexibility index (Phi) is 7.41. The zero-order valence-corrected chi connectivity index (χ0v) is 13.9. The molecule has 0 fully saturated rings. The first kappa shape index (κ1) is 16.1. The molecule has 0 aliphatic rings. The highest BCUT2D eigenvalue weighted by molar-refractivity contribution is 9.28. The average Bonchev–Trinajstić information content (AvgIpc) is 2.27. The Morgan fingerprint density at radius 3 is 2.33 bits per heavy atom. The van der Waals surface area contributed by atoms with Crippen molar-refractivity contribution in [3.8, 4) is 11.5 Å². The lowest BCUT2D eigenvalue weighted by Gasteiger charge is -2.11. The van der Waals surface area contributed by atoms with E-state index in [4.69, 9.17) is 38.4 Å². The van der Waals surface area contributed by atoms with Crippen LogP contribution in [0.4, 0.5) is 0 Å². The summed E-state index contributed by atoms with van der Waals surface area (Å²) in [6, 6.07) is 3.30. The monoisotopic (exact) mass is 417 g/mol. The maximum absolute atomic E-state index is 6.05. The van der Waals surface area contributed by atoms with Crippen molar-refractivity contribution in [2.24, 2.45) is 5.73 Å². The molecule has 18 heavy (non-hydrogen) atoms. The minimum Gasteiger partial charge on any atom is -0.489 e. The van der Waals surface area contributed by atoms with Crippen LogP contribution in [0.5, 0.6) is 11.5 Å². The molecule has 0 heterocycles. The summed E-state index contributed by atoms with van der Waals surface area (Å²) >= 11 is 18.6. The van der Waals surface area contributed by atoms with E-state index < -0.39 is 0 Å². The van der Waals surface area contributed by atoms with Gasteiger partial charge in [0.2, 0.25) is 0 Å². The van der Waals surface area contributed by atoms with Gasteiger partial charge in [0.1, 0.15) is 19.0 Å². The molecule has 1 aromatic rings. The van der Waals surface area contributed by atoms with Gasteiger partial charge >= 0.3 is 0 Å². The van der Waals surface area contributed by atoms with Gasteiger partial charge in [-0.2, -0.15) is 0 Å². The second kappa shape index (κ2) is 8.27. The van der Waals surface area contributed by atoms with E-state index >= 15 is 0 Å². The minimum absolute atomic E-state index is 0.360. The molecule has 0 aliphatic carbocycles. The molecule has 100 valence electrons. The second-order valence-corrected chi connectivity index (χ2v) is 6.75. The van der Waals surface area contributed by atoms with Crippen molar-refractivity contribution < 1.29 is 9.47 Å². The van der Waals surface area contributed by atoms with Crippen LogP contribution in [-0.4, -0.2) is 19.8 Å². The third-order valence-electron chi connectivity index (χ3n) is 1.82. The number of hydrogen-bond donors (Lipinski definition) is 1. The Hall–Kier alpha value is 0.0600. The third-order valence-corrected chi connectivity index (χ3v) is 3.03. The molecule has 0 radical (unpaired) electrons. The van der Waals surface area contributed by atoms with Crippen LogP contribution in [0.2, 0.25) is 10.0 Å². The highest BCUT2D eigenvalue weighted by atomic mass is 79.9. The lowest BCUT2D eigenvalue weighted by molar-refractivity contribution is 0.326. The van der Waals surface area contributed by atoms with Gasteiger partial charge in [0.05, 0.1) is 13.4 Å². The smallest absolute Gasteiger partial charge is 0.156 e. The summed E-state index contributed by atoms with van der Waals surface area (Å²) in [5.74, 6) is 0.996. The number of halogens is 4. The molecule has 0 aliphatic heterocycles. The van der Waals surface area contributed by atoms with Crippen LogP contribution in [0.3, 0.4) is 0 Å². The molecule has 0 amide bonds. The summed E-state index contributed by atoms with van der Waals surface area (Å²) in [4.78, 5) is 0. The number of nitrogens with two attached hydrogens (primary N) is 1. The summed E-state index contributed by atoms with van der Waals surface area (Å²) in [5.41, 5.74) is 5.35. The summed E-state index contributed by atoms with van der Waals surface area (Å²) in [7, 11) is 0. The predicted molar refractivity (Wildman–Crippen MR) is 82.4 cm³/mol. The quantitative estimate of drug-likeness (QED) is 0.745. The first-order chi connectivity index (χ1) is 8.54. The molecule has 7 heteroatoms. The van der Waals surface area contributed by atoms with Crippen molar-refractivity contribution in [2.45, 2.75) is 0 Å². The third kappa shape index (κ3) is 5.36. The molecule has 1 rings (SSSR count). The standard InChI is InChI=1S/C11H11Br2Cl2NO2/c12-10(13)1-3-17-7-5-8(14)11(9(15)6-7)18-4-2-16/h1,5-6H,2-4,16H2. The van der Waals surface area contributed by atoms with Gasteiger partial charge in [-0.05, 0) is 37.9 Å². The normalized spacial score (nSPS) is 10.1. The molecule has 3 nitrogen and oxygen atoms in total. The molecule has 1 aromatic carbocycles. The first-order valence-corrected chi connectivity index (χ1v) is 7.34. The lowest BCUT2D eigenvalue weighted by atomic mass is 10.3. The molecule has 0 saturated carbocycles. The van der Waals surface area contributed by atoms with E-state index in [0.29, 0.717) is 41.3 Å². The van der Waals surface area contributed by atoms with Crippen molar-refractivity contribution in [1.29, 1.82) is 0 Å². The summed E-state index contributed by atoms with van der Waals surface area (Å²) in [6.07, 6.45) is 1.81. The topological polar surface area (TPSA) is 44.5 Å². The van der Waals surface area contributed by atoms with Gasteiger partial charge in [-0.15, -0.1) is 0 Å². The SMILES string of the molecule is NCCOc1c(Cl)cc(OCC=C(Br)Br)cc1Cl. The highest BCUT2D eigenvalue weighted by Gasteiger charge is 2.10. The zero-order valence-electron chi connectivity index (χ0n) is 9.26. The summed E-state index contributed by atoms with van der Waals surface area (Å²) in [5, 5.41) is 0.792. The molecule has 0 saturated heterocycles. The molecule has 2 N–H and O–H groups in total. The van der Waals surface area contributed by atoms with Gasteiger partial charge in [0.15, 0.2) is 5.75 Å². The van der Waals surface area contributed by atoms with E-state index in [1.807, 2.05) is 0 Å². The van der Waals surface area contributed by atoms with Crippen LogP contribution in [0.15, 0.2) is 21.6 Å². The average molecular weight is 420 g/mol. The first-order valence-electron chi connectivity index (χ1n) is 5.00. The van der Waals surface area contributed by atoms with Crippen LogP contribution in [-0.2, 0) is 0 Å². The van der Waals surface area contributed by atoms with Crippen LogP contribution in [0.25, 0.3) is 0 Å². The predicted octanol–water partition coefficient (Wildman–Crippen LogP) is 4.34. The van der Waals surface area contributed by atoms with Gasteiger partial charge in [-0.1, -0.05) is 23.2 Å². The Bertz CT molecular complexity index is 414. The minimum atomic E-state index is 0.360. The van der Waals surface area contributed by atoms with E-state index in [1.165, 1.54) is 0 Å². The molecular weight excluding hydrogens is 409 g/mol. The van der Waals surface area contributed by atoms with Crippen LogP contribution < -0.4 is 15.2 Å². The Balaban J connectivity index is 2.76. The van der Waals surface area contributed by atoms with Crippen LogP contribution in [0, 0.1) is 0 Å². The lowest BCUT2D eigenvalue weighted by Crippen LogP contribution is -2.11.